The zero-order valence-electron chi connectivity index (χ0n) is 17.2. The van der Waals surface area contributed by atoms with E-state index >= 15 is 0 Å². The van der Waals surface area contributed by atoms with Crippen molar-refractivity contribution in [3.63, 3.8) is 0 Å². The highest BCUT2D eigenvalue weighted by atomic mass is 16.1. The number of aliphatic imine (C=N–C) groups is 2. The number of rotatable bonds is 4. The van der Waals surface area contributed by atoms with Crippen molar-refractivity contribution in [2.45, 2.75) is 50.7 Å². The molecule has 1 amide bonds. The number of carbonyl (C=O) groups excluding carboxylic acids is 1. The van der Waals surface area contributed by atoms with Crippen LogP contribution in [-0.4, -0.2) is 23.5 Å². The van der Waals surface area contributed by atoms with Gasteiger partial charge < -0.3 is 16.8 Å². The zero-order valence-corrected chi connectivity index (χ0v) is 17.2. The summed E-state index contributed by atoms with van der Waals surface area (Å²) >= 11 is 0. The molecule has 1 aliphatic carbocycles. The number of hydrogen-bond donors (Lipinski definition) is 3. The normalized spacial score (nSPS) is 19.0. The first-order valence-corrected chi connectivity index (χ1v) is 10.4. The molecule has 1 atom stereocenters. The standard InChI is InChI=1S/C23H28N6O/c1-16(17-10-4-2-5-11-17)26-20(30)18-12-6-7-13-19(18)29-22(25)27-21(24)28-23(29)14-8-3-9-15-23/h2,4-7,10-13,16H,3,8-9,14-15H2,1H3,(H,26,30)(H4,24,25,27,28). The number of nitrogens with zero attached hydrogens (tertiary/aromatic N) is 3. The molecule has 0 saturated heterocycles. The van der Waals surface area contributed by atoms with Crippen molar-refractivity contribution < 1.29 is 4.79 Å². The molecule has 2 aromatic carbocycles. The number of benzene rings is 2. The fourth-order valence-electron chi connectivity index (χ4n) is 4.43. The molecule has 1 aliphatic heterocycles. The summed E-state index contributed by atoms with van der Waals surface area (Å²) in [5.41, 5.74) is 14.0. The summed E-state index contributed by atoms with van der Waals surface area (Å²) in [4.78, 5) is 24.1. The van der Waals surface area contributed by atoms with Crippen molar-refractivity contribution in [1.29, 1.82) is 0 Å². The van der Waals surface area contributed by atoms with Gasteiger partial charge in [0.1, 0.15) is 5.66 Å². The van der Waals surface area contributed by atoms with Gasteiger partial charge in [-0.25, -0.2) is 4.99 Å². The number of carbonyl (C=O) groups is 1. The molecule has 2 aliphatic rings. The predicted octanol–water partition coefficient (Wildman–Crippen LogP) is 3.29. The SMILES string of the molecule is CC(NC(=O)c1ccccc1N1C(N)=NC(N)=NC12CCCCC2)c1ccccc1. The lowest BCUT2D eigenvalue weighted by molar-refractivity contribution is 0.0940. The number of nitrogens with one attached hydrogen (secondary N) is 1. The number of para-hydroxylation sites is 1. The highest BCUT2D eigenvalue weighted by Crippen LogP contribution is 2.40. The van der Waals surface area contributed by atoms with E-state index in [0.717, 1.165) is 37.7 Å². The third-order valence-corrected chi connectivity index (χ3v) is 5.89. The lowest BCUT2D eigenvalue weighted by Gasteiger charge is -2.46. The van der Waals surface area contributed by atoms with Crippen LogP contribution in [0.1, 0.15) is 61.0 Å². The van der Waals surface area contributed by atoms with Crippen LogP contribution in [0.4, 0.5) is 5.69 Å². The summed E-state index contributed by atoms with van der Waals surface area (Å²) in [5, 5.41) is 3.10. The van der Waals surface area contributed by atoms with E-state index in [4.69, 9.17) is 16.5 Å². The van der Waals surface area contributed by atoms with Crippen molar-refractivity contribution in [3.05, 3.63) is 65.7 Å². The smallest absolute Gasteiger partial charge is 0.253 e. The number of nitrogens with two attached hydrogens (primary N) is 2. The third-order valence-electron chi connectivity index (χ3n) is 5.89. The summed E-state index contributed by atoms with van der Waals surface area (Å²) in [6.45, 7) is 1.97. The number of anilines is 1. The Labute approximate surface area is 176 Å². The van der Waals surface area contributed by atoms with Gasteiger partial charge in [0.15, 0.2) is 0 Å². The van der Waals surface area contributed by atoms with Crippen molar-refractivity contribution >= 4 is 23.5 Å². The van der Waals surface area contributed by atoms with Crippen LogP contribution in [0, 0.1) is 0 Å². The first-order chi connectivity index (χ1) is 14.5. The summed E-state index contributed by atoms with van der Waals surface area (Å²) in [5.74, 6) is 0.314. The number of amides is 1. The fraction of sp³-hybridized carbons (Fsp3) is 0.348. The first-order valence-electron chi connectivity index (χ1n) is 10.4. The van der Waals surface area contributed by atoms with Crippen LogP contribution < -0.4 is 21.7 Å². The Kier molecular flexibility index (Phi) is 5.44. The summed E-state index contributed by atoms with van der Waals surface area (Å²) in [6, 6.07) is 17.2. The summed E-state index contributed by atoms with van der Waals surface area (Å²) in [6.07, 6.45) is 4.85. The van der Waals surface area contributed by atoms with E-state index in [2.05, 4.69) is 10.3 Å². The van der Waals surface area contributed by atoms with E-state index in [1.807, 2.05) is 66.4 Å². The molecule has 0 bridgehead atoms. The Morgan fingerprint density at radius 3 is 2.43 bits per heavy atom. The maximum atomic E-state index is 13.3. The topological polar surface area (TPSA) is 109 Å². The molecule has 5 N–H and O–H groups in total. The van der Waals surface area contributed by atoms with Crippen molar-refractivity contribution in [1.82, 2.24) is 5.32 Å². The minimum Gasteiger partial charge on any atom is -0.369 e. The molecule has 7 heteroatoms. The molecule has 1 unspecified atom stereocenters. The Balaban J connectivity index is 1.68. The summed E-state index contributed by atoms with van der Waals surface area (Å²) in [7, 11) is 0. The highest BCUT2D eigenvalue weighted by molar-refractivity contribution is 6.10. The van der Waals surface area contributed by atoms with Crippen LogP contribution in [0.3, 0.4) is 0 Å². The second-order valence-corrected chi connectivity index (χ2v) is 7.94. The quantitative estimate of drug-likeness (QED) is 0.726. The lowest BCUT2D eigenvalue weighted by Crippen LogP contribution is -2.58. The molecule has 30 heavy (non-hydrogen) atoms. The maximum Gasteiger partial charge on any atom is 0.253 e. The molecule has 1 spiro atoms. The largest absolute Gasteiger partial charge is 0.369 e. The van der Waals surface area contributed by atoms with Crippen LogP contribution in [0.25, 0.3) is 0 Å². The van der Waals surface area contributed by atoms with Gasteiger partial charge in [0.05, 0.1) is 17.3 Å². The van der Waals surface area contributed by atoms with E-state index in [-0.39, 0.29) is 23.9 Å². The van der Waals surface area contributed by atoms with Crippen molar-refractivity contribution in [3.8, 4) is 0 Å². The zero-order chi connectivity index (χ0) is 21.1. The van der Waals surface area contributed by atoms with Crippen molar-refractivity contribution in [2.24, 2.45) is 21.5 Å². The summed E-state index contributed by atoms with van der Waals surface area (Å²) < 4.78 is 0. The van der Waals surface area contributed by atoms with E-state index in [1.54, 1.807) is 0 Å². The Morgan fingerprint density at radius 2 is 1.70 bits per heavy atom. The van der Waals surface area contributed by atoms with E-state index in [0.29, 0.717) is 11.3 Å². The van der Waals surface area contributed by atoms with E-state index < -0.39 is 5.66 Å². The van der Waals surface area contributed by atoms with Gasteiger partial charge in [-0.15, -0.1) is 0 Å². The average molecular weight is 405 g/mol. The molecule has 0 radical (unpaired) electrons. The van der Waals surface area contributed by atoms with Gasteiger partial charge in [-0.2, -0.15) is 4.99 Å². The molecule has 1 fully saturated rings. The Bertz CT molecular complexity index is 978. The molecule has 2 aromatic rings. The molecule has 1 heterocycles. The fourth-order valence-corrected chi connectivity index (χ4v) is 4.43. The molecular weight excluding hydrogens is 376 g/mol. The second kappa shape index (κ2) is 8.18. The predicted molar refractivity (Wildman–Crippen MR) is 120 cm³/mol. The molecule has 4 rings (SSSR count). The molecule has 7 nitrogen and oxygen atoms in total. The van der Waals surface area contributed by atoms with Crippen molar-refractivity contribution in [2.75, 3.05) is 4.90 Å². The van der Waals surface area contributed by atoms with Gasteiger partial charge >= 0.3 is 0 Å². The van der Waals surface area contributed by atoms with E-state index in [9.17, 15) is 4.79 Å². The minimum atomic E-state index is -0.588. The Morgan fingerprint density at radius 1 is 1.03 bits per heavy atom. The monoisotopic (exact) mass is 404 g/mol. The van der Waals surface area contributed by atoms with Crippen LogP contribution in [-0.2, 0) is 0 Å². The van der Waals surface area contributed by atoms with Gasteiger partial charge in [0.2, 0.25) is 11.9 Å². The Hall–Kier alpha value is -3.35. The van der Waals surface area contributed by atoms with Gasteiger partial charge in [-0.1, -0.05) is 48.9 Å². The van der Waals surface area contributed by atoms with Crippen LogP contribution in [0.5, 0.6) is 0 Å². The van der Waals surface area contributed by atoms with Gasteiger partial charge in [0.25, 0.3) is 5.91 Å². The van der Waals surface area contributed by atoms with Gasteiger partial charge in [0, 0.05) is 0 Å². The molecule has 0 aromatic heterocycles. The molecule has 1 saturated carbocycles. The number of guanidine groups is 2. The molecule has 156 valence electrons. The van der Waals surface area contributed by atoms with Crippen LogP contribution >= 0.6 is 0 Å². The van der Waals surface area contributed by atoms with Crippen LogP contribution in [0.2, 0.25) is 0 Å². The molecular formula is C23H28N6O. The van der Waals surface area contributed by atoms with Crippen LogP contribution in [0.15, 0.2) is 64.6 Å². The highest BCUT2D eigenvalue weighted by Gasteiger charge is 2.43. The first kappa shape index (κ1) is 19.9. The van der Waals surface area contributed by atoms with E-state index in [1.165, 1.54) is 0 Å². The lowest BCUT2D eigenvalue weighted by atomic mass is 9.87. The maximum absolute atomic E-state index is 13.3. The second-order valence-electron chi connectivity index (χ2n) is 7.94. The number of hydrogen-bond acceptors (Lipinski definition) is 6. The minimum absolute atomic E-state index is 0.128. The average Bonchev–Trinajstić information content (AvgIpc) is 2.74. The van der Waals surface area contributed by atoms with Gasteiger partial charge in [-0.3, -0.25) is 9.69 Å². The third kappa shape index (κ3) is 3.75. The van der Waals surface area contributed by atoms with Gasteiger partial charge in [-0.05, 0) is 50.3 Å².